The maximum absolute atomic E-state index is 13.0. The Hall–Kier alpha value is -3.45. The second kappa shape index (κ2) is 7.42. The largest absolute Gasteiger partial charge is 0.340 e. The molecule has 1 N–H and O–H groups in total. The van der Waals surface area contributed by atoms with Crippen molar-refractivity contribution in [2.45, 2.75) is 6.42 Å². The van der Waals surface area contributed by atoms with E-state index in [0.717, 1.165) is 53.9 Å². The Labute approximate surface area is 173 Å². The number of imidazole rings is 1. The Morgan fingerprint density at radius 2 is 1.83 bits per heavy atom. The number of carbonyl (C=O) groups excluding carboxylic acids is 1. The summed E-state index contributed by atoms with van der Waals surface area (Å²) in [5.41, 5.74) is 3.80. The summed E-state index contributed by atoms with van der Waals surface area (Å²) in [5.74, 6) is 0.103. The predicted molar refractivity (Wildman–Crippen MR) is 117 cm³/mol. The van der Waals surface area contributed by atoms with E-state index in [1.807, 2.05) is 53.4 Å². The van der Waals surface area contributed by atoms with Crippen LogP contribution in [-0.2, 0) is 18.3 Å². The molecule has 152 valence electrons. The van der Waals surface area contributed by atoms with Gasteiger partial charge in [0.1, 0.15) is 0 Å². The minimum Gasteiger partial charge on any atom is -0.340 e. The highest BCUT2D eigenvalue weighted by molar-refractivity contribution is 5.97. The molecular formula is C23H23N5O2. The second-order valence-corrected chi connectivity index (χ2v) is 7.65. The Morgan fingerprint density at radius 3 is 2.60 bits per heavy atom. The van der Waals surface area contributed by atoms with Crippen molar-refractivity contribution in [3.63, 3.8) is 0 Å². The van der Waals surface area contributed by atoms with E-state index in [1.54, 1.807) is 22.2 Å². The summed E-state index contributed by atoms with van der Waals surface area (Å²) in [6, 6.07) is 15.6. The van der Waals surface area contributed by atoms with Gasteiger partial charge in [-0.2, -0.15) is 0 Å². The van der Waals surface area contributed by atoms with Crippen molar-refractivity contribution in [1.82, 2.24) is 24.2 Å². The molecule has 0 unspecified atom stereocenters. The topological polar surface area (TPSA) is 71.6 Å². The number of piperazine rings is 1. The van der Waals surface area contributed by atoms with Crippen LogP contribution in [0.3, 0.4) is 0 Å². The van der Waals surface area contributed by atoms with Gasteiger partial charge < -0.3 is 10.2 Å². The van der Waals surface area contributed by atoms with Gasteiger partial charge in [-0.05, 0) is 11.6 Å². The minimum absolute atomic E-state index is 0.103. The number of amides is 1. The van der Waals surface area contributed by atoms with Gasteiger partial charge in [0.15, 0.2) is 5.65 Å². The van der Waals surface area contributed by atoms with Gasteiger partial charge in [-0.25, -0.2) is 9.78 Å². The molecule has 7 heteroatoms. The van der Waals surface area contributed by atoms with E-state index in [-0.39, 0.29) is 11.6 Å². The highest BCUT2D eigenvalue weighted by atomic mass is 16.2. The number of aryl methyl sites for hydroxylation is 1. The molecule has 4 aromatic rings. The first-order chi connectivity index (χ1) is 14.6. The predicted octanol–water partition coefficient (Wildman–Crippen LogP) is 1.83. The maximum Gasteiger partial charge on any atom is 0.334 e. The fraction of sp³-hybridized carbons (Fsp3) is 0.261. The third-order valence-electron chi connectivity index (χ3n) is 5.79. The Balaban J connectivity index is 1.68. The van der Waals surface area contributed by atoms with Gasteiger partial charge in [-0.1, -0.05) is 42.5 Å². The van der Waals surface area contributed by atoms with E-state index in [1.165, 1.54) is 0 Å². The third-order valence-corrected chi connectivity index (χ3v) is 5.79. The molecule has 1 saturated heterocycles. The zero-order valence-corrected chi connectivity index (χ0v) is 16.8. The summed E-state index contributed by atoms with van der Waals surface area (Å²) < 4.78 is 3.21. The highest BCUT2D eigenvalue weighted by Gasteiger charge is 2.20. The van der Waals surface area contributed by atoms with Crippen LogP contribution < -0.4 is 11.0 Å². The first-order valence-corrected chi connectivity index (χ1v) is 10.2. The molecule has 7 nitrogen and oxygen atoms in total. The molecule has 5 rings (SSSR count). The molecule has 0 atom stereocenters. The van der Waals surface area contributed by atoms with E-state index in [2.05, 4.69) is 5.32 Å². The number of nitrogens with one attached hydrogen (secondary N) is 1. The molecule has 2 aromatic carbocycles. The molecular weight excluding hydrogens is 378 g/mol. The van der Waals surface area contributed by atoms with Gasteiger partial charge >= 0.3 is 5.69 Å². The van der Waals surface area contributed by atoms with Gasteiger partial charge in [0.2, 0.25) is 5.91 Å². The minimum atomic E-state index is -0.155. The standard InChI is InChI=1S/C23H23N5O2/c1-26-19-9-5-8-17(14-20(29)27-12-10-24-11-13-27)21(19)22-25-18(15-28(22)23(26)30)16-6-3-2-4-7-16/h2-9,15,24H,10-14H2,1H3. The van der Waals surface area contributed by atoms with Crippen LogP contribution in [0.25, 0.3) is 27.8 Å². The number of hydrogen-bond acceptors (Lipinski definition) is 4. The summed E-state index contributed by atoms with van der Waals surface area (Å²) >= 11 is 0. The fourth-order valence-corrected chi connectivity index (χ4v) is 4.18. The smallest absolute Gasteiger partial charge is 0.334 e. The SMILES string of the molecule is Cn1c(=O)n2cc(-c3ccccc3)nc2c2c(CC(=O)N3CCNCC3)cccc21. The zero-order chi connectivity index (χ0) is 20.7. The van der Waals surface area contributed by atoms with Gasteiger partial charge in [0.05, 0.1) is 17.6 Å². The van der Waals surface area contributed by atoms with Crippen molar-refractivity contribution in [3.05, 3.63) is 70.8 Å². The van der Waals surface area contributed by atoms with Gasteiger partial charge in [0, 0.05) is 50.4 Å². The average molecular weight is 401 g/mol. The number of hydrogen-bond donors (Lipinski definition) is 1. The second-order valence-electron chi connectivity index (χ2n) is 7.65. The molecule has 0 aliphatic carbocycles. The number of carbonyl (C=O) groups is 1. The Kier molecular flexibility index (Phi) is 4.59. The van der Waals surface area contributed by atoms with Crippen molar-refractivity contribution in [1.29, 1.82) is 0 Å². The van der Waals surface area contributed by atoms with Crippen molar-refractivity contribution in [3.8, 4) is 11.3 Å². The number of aromatic nitrogens is 3. The van der Waals surface area contributed by atoms with E-state index >= 15 is 0 Å². The van der Waals surface area contributed by atoms with Gasteiger partial charge in [-0.15, -0.1) is 0 Å². The molecule has 0 spiro atoms. The van der Waals surface area contributed by atoms with Gasteiger partial charge in [0.25, 0.3) is 0 Å². The summed E-state index contributed by atoms with van der Waals surface area (Å²) in [6.07, 6.45) is 2.07. The van der Waals surface area contributed by atoms with Crippen LogP contribution in [0.1, 0.15) is 5.56 Å². The van der Waals surface area contributed by atoms with Crippen LogP contribution >= 0.6 is 0 Å². The first kappa shape index (κ1) is 18.6. The molecule has 3 heterocycles. The number of fused-ring (bicyclic) bond motifs is 3. The van der Waals surface area contributed by atoms with Crippen molar-refractivity contribution in [2.24, 2.45) is 7.05 Å². The lowest BCUT2D eigenvalue weighted by Gasteiger charge is -2.27. The molecule has 30 heavy (non-hydrogen) atoms. The summed E-state index contributed by atoms with van der Waals surface area (Å²) in [7, 11) is 1.76. The normalized spacial score (nSPS) is 14.5. The molecule has 1 aliphatic heterocycles. The van der Waals surface area contributed by atoms with Crippen molar-refractivity contribution < 1.29 is 4.79 Å². The van der Waals surface area contributed by atoms with Crippen molar-refractivity contribution >= 4 is 22.5 Å². The van der Waals surface area contributed by atoms with Crippen LogP contribution in [0.5, 0.6) is 0 Å². The molecule has 2 aromatic heterocycles. The molecule has 1 amide bonds. The molecule has 1 fully saturated rings. The lowest BCUT2D eigenvalue weighted by atomic mass is 10.0. The molecule has 0 bridgehead atoms. The third kappa shape index (κ3) is 3.07. The quantitative estimate of drug-likeness (QED) is 0.569. The lowest BCUT2D eigenvalue weighted by Crippen LogP contribution is -2.46. The van der Waals surface area contributed by atoms with Crippen molar-refractivity contribution in [2.75, 3.05) is 26.2 Å². The van der Waals surface area contributed by atoms with E-state index in [0.29, 0.717) is 12.1 Å². The van der Waals surface area contributed by atoms with E-state index in [9.17, 15) is 9.59 Å². The molecule has 0 radical (unpaired) electrons. The monoisotopic (exact) mass is 401 g/mol. The fourth-order valence-electron chi connectivity index (χ4n) is 4.18. The Morgan fingerprint density at radius 1 is 1.07 bits per heavy atom. The van der Waals surface area contributed by atoms with Gasteiger partial charge in [-0.3, -0.25) is 13.8 Å². The maximum atomic E-state index is 13.0. The number of rotatable bonds is 3. The summed E-state index contributed by atoms with van der Waals surface area (Å²) in [4.78, 5) is 32.6. The van der Waals surface area contributed by atoms with E-state index in [4.69, 9.17) is 4.98 Å². The highest BCUT2D eigenvalue weighted by Crippen LogP contribution is 2.26. The van der Waals surface area contributed by atoms with Crippen LogP contribution in [0.4, 0.5) is 0 Å². The zero-order valence-electron chi connectivity index (χ0n) is 16.8. The van der Waals surface area contributed by atoms with E-state index < -0.39 is 0 Å². The first-order valence-electron chi connectivity index (χ1n) is 10.2. The van der Waals surface area contributed by atoms with Crippen LogP contribution in [-0.4, -0.2) is 50.9 Å². The Bertz CT molecular complexity index is 1300. The summed E-state index contributed by atoms with van der Waals surface area (Å²) in [6.45, 7) is 3.08. The van der Waals surface area contributed by atoms with Crippen LogP contribution in [0.2, 0.25) is 0 Å². The van der Waals surface area contributed by atoms with Crippen LogP contribution in [0, 0.1) is 0 Å². The number of benzene rings is 2. The molecule has 1 aliphatic rings. The van der Waals surface area contributed by atoms with Crippen LogP contribution in [0.15, 0.2) is 59.5 Å². The number of nitrogens with zero attached hydrogens (tertiary/aromatic N) is 4. The lowest BCUT2D eigenvalue weighted by molar-refractivity contribution is -0.131. The molecule has 0 saturated carbocycles. The average Bonchev–Trinajstić information content (AvgIpc) is 3.24. The summed E-state index contributed by atoms with van der Waals surface area (Å²) in [5, 5.41) is 4.13.